The molecule has 0 aliphatic heterocycles. The molecular formula is C28H27ClN8O. The fourth-order valence-corrected chi connectivity index (χ4v) is 5.46. The minimum Gasteiger partial charge on any atom is -0.383 e. The average Bonchev–Trinajstić information content (AvgIpc) is 3.50. The number of nitrogens with zero attached hydrogens (tertiary/aromatic N) is 3. The normalized spacial score (nSPS) is 15.8. The van der Waals surface area contributed by atoms with Crippen LogP contribution in [0.15, 0.2) is 60.8 Å². The molecule has 0 unspecified atom stereocenters. The third kappa shape index (κ3) is 4.56. The van der Waals surface area contributed by atoms with Gasteiger partial charge in [0, 0.05) is 23.1 Å². The number of fused-ring (bicyclic) bond motifs is 2. The molecule has 0 fully saturated rings. The van der Waals surface area contributed by atoms with E-state index in [1.165, 1.54) is 0 Å². The summed E-state index contributed by atoms with van der Waals surface area (Å²) in [6, 6.07) is 17.3. The third-order valence-corrected chi connectivity index (χ3v) is 7.51. The van der Waals surface area contributed by atoms with Crippen LogP contribution in [0.1, 0.15) is 35.0 Å². The highest BCUT2D eigenvalue weighted by Crippen LogP contribution is 2.32. The van der Waals surface area contributed by atoms with Gasteiger partial charge in [-0.2, -0.15) is 5.10 Å². The fourth-order valence-electron chi connectivity index (χ4n) is 5.21. The maximum atomic E-state index is 13.5. The molecule has 10 heteroatoms. The van der Waals surface area contributed by atoms with E-state index in [4.69, 9.17) is 28.1 Å². The summed E-state index contributed by atoms with van der Waals surface area (Å²) >= 11 is 6.64. The molecule has 1 aliphatic carbocycles. The van der Waals surface area contributed by atoms with Crippen molar-refractivity contribution in [3.8, 4) is 11.3 Å². The zero-order chi connectivity index (χ0) is 26.2. The quantitative estimate of drug-likeness (QED) is 0.221. The Balaban J connectivity index is 1.29. The number of halogens is 1. The number of aromatic amines is 2. The van der Waals surface area contributed by atoms with Crippen LogP contribution in [0.5, 0.6) is 0 Å². The predicted octanol–water partition coefficient (Wildman–Crippen LogP) is 4.37. The van der Waals surface area contributed by atoms with Crippen LogP contribution in [0.4, 0.5) is 11.6 Å². The average molecular weight is 527 g/mol. The van der Waals surface area contributed by atoms with Gasteiger partial charge in [-0.1, -0.05) is 48.0 Å². The van der Waals surface area contributed by atoms with Crippen molar-refractivity contribution >= 4 is 40.0 Å². The van der Waals surface area contributed by atoms with Gasteiger partial charge in [0.2, 0.25) is 5.91 Å². The van der Waals surface area contributed by atoms with Crippen molar-refractivity contribution in [1.29, 1.82) is 0 Å². The van der Waals surface area contributed by atoms with E-state index in [1.807, 2.05) is 54.6 Å². The number of aromatic nitrogens is 5. The lowest BCUT2D eigenvalue weighted by Gasteiger charge is -2.26. The summed E-state index contributed by atoms with van der Waals surface area (Å²) in [6.45, 7) is 0. The first-order chi connectivity index (χ1) is 18.5. The number of carbonyl (C=O) groups excluding carboxylic acids is 1. The van der Waals surface area contributed by atoms with Crippen LogP contribution in [-0.4, -0.2) is 31.1 Å². The minimum absolute atomic E-state index is 0.0182. The van der Waals surface area contributed by atoms with Gasteiger partial charge in [-0.15, -0.1) is 0 Å². The number of anilines is 2. The van der Waals surface area contributed by atoms with Gasteiger partial charge in [-0.25, -0.2) is 9.97 Å². The molecule has 0 bridgehead atoms. The van der Waals surface area contributed by atoms with E-state index < -0.39 is 6.04 Å². The summed E-state index contributed by atoms with van der Waals surface area (Å²) in [4.78, 5) is 25.8. The number of H-pyrrole nitrogens is 2. The number of hydrogen-bond donors (Lipinski definition) is 5. The molecule has 9 nitrogen and oxygen atoms in total. The van der Waals surface area contributed by atoms with Crippen molar-refractivity contribution in [3.05, 3.63) is 88.5 Å². The minimum atomic E-state index is -0.397. The van der Waals surface area contributed by atoms with Crippen molar-refractivity contribution in [2.75, 3.05) is 11.5 Å². The topological polar surface area (TPSA) is 151 Å². The Morgan fingerprint density at radius 1 is 1.13 bits per heavy atom. The van der Waals surface area contributed by atoms with E-state index in [0.29, 0.717) is 47.6 Å². The van der Waals surface area contributed by atoms with E-state index in [-0.39, 0.29) is 11.8 Å². The number of hydrogen-bond acceptors (Lipinski definition) is 6. The number of imidazole rings is 1. The Labute approximate surface area is 224 Å². The molecule has 0 spiro atoms. The molecule has 2 aromatic carbocycles. The second-order valence-corrected chi connectivity index (χ2v) is 10.1. The molecule has 3 aromatic heterocycles. The molecule has 38 heavy (non-hydrogen) atoms. The summed E-state index contributed by atoms with van der Waals surface area (Å²) in [5.74, 6) is 1.40. The van der Waals surface area contributed by atoms with Gasteiger partial charge in [-0.05, 0) is 60.6 Å². The first-order valence-corrected chi connectivity index (χ1v) is 12.9. The highest BCUT2D eigenvalue weighted by atomic mass is 35.5. The Morgan fingerprint density at radius 3 is 2.82 bits per heavy atom. The Hall–Kier alpha value is -4.37. The van der Waals surface area contributed by atoms with Crippen LogP contribution in [0.3, 0.4) is 0 Å². The summed E-state index contributed by atoms with van der Waals surface area (Å²) < 4.78 is 0. The molecule has 2 atom stereocenters. The summed E-state index contributed by atoms with van der Waals surface area (Å²) in [6.07, 6.45) is 4.33. The number of nitrogens with two attached hydrogens (primary N) is 2. The molecule has 3 heterocycles. The lowest BCUT2D eigenvalue weighted by atomic mass is 9.83. The predicted molar refractivity (Wildman–Crippen MR) is 148 cm³/mol. The van der Waals surface area contributed by atoms with E-state index in [0.717, 1.165) is 39.6 Å². The standard InChI is InChI=1S/C28H27ClN8O/c29-24-23(17-6-9-20-21(14-17)36-37-26(20)31)34-27(35-24)22(12-15-4-2-1-3-5-15)33-28(38)18-7-8-19-16(13-18)10-11-32-25(19)30/h1-6,9-11,14,18,22H,7-8,12-13H2,(H2,30,32)(H,33,38)(H,34,35)(H3,31,36,37)/t18-,22+/m1/s1. The highest BCUT2D eigenvalue weighted by Gasteiger charge is 2.29. The van der Waals surface area contributed by atoms with Crippen LogP contribution in [0.2, 0.25) is 5.15 Å². The van der Waals surface area contributed by atoms with E-state index >= 15 is 0 Å². The second kappa shape index (κ2) is 9.83. The SMILES string of the molecule is Nc1nccc2c1CC[C@@H](C(=O)N[C@@H](Cc1ccccc1)c1nc(-c3ccc4c(N)n[nH]c4c3)c(Cl)[nH]1)C2. The number of benzene rings is 2. The molecule has 7 N–H and O–H groups in total. The van der Waals surface area contributed by atoms with Crippen LogP contribution < -0.4 is 16.8 Å². The van der Waals surface area contributed by atoms with Crippen LogP contribution >= 0.6 is 11.6 Å². The molecular weight excluding hydrogens is 500 g/mol. The summed E-state index contributed by atoms with van der Waals surface area (Å²) in [5.41, 5.74) is 17.4. The smallest absolute Gasteiger partial charge is 0.224 e. The second-order valence-electron chi connectivity index (χ2n) is 9.68. The van der Waals surface area contributed by atoms with Crippen molar-refractivity contribution in [2.24, 2.45) is 5.92 Å². The van der Waals surface area contributed by atoms with Gasteiger partial charge in [0.05, 0.1) is 11.6 Å². The Kier molecular flexibility index (Phi) is 6.21. The number of rotatable bonds is 6. The van der Waals surface area contributed by atoms with Crippen LogP contribution in [0, 0.1) is 5.92 Å². The van der Waals surface area contributed by atoms with Crippen molar-refractivity contribution in [1.82, 2.24) is 30.5 Å². The first kappa shape index (κ1) is 24.0. The largest absolute Gasteiger partial charge is 0.383 e. The maximum Gasteiger partial charge on any atom is 0.224 e. The van der Waals surface area contributed by atoms with Gasteiger partial charge in [-0.3, -0.25) is 9.89 Å². The third-order valence-electron chi connectivity index (χ3n) is 7.24. The van der Waals surface area contributed by atoms with Gasteiger partial charge in [0.1, 0.15) is 22.5 Å². The lowest BCUT2D eigenvalue weighted by Crippen LogP contribution is -2.38. The zero-order valence-electron chi connectivity index (χ0n) is 20.5. The van der Waals surface area contributed by atoms with Crippen molar-refractivity contribution in [3.63, 3.8) is 0 Å². The molecule has 0 saturated carbocycles. The molecule has 0 saturated heterocycles. The number of nitrogens with one attached hydrogen (secondary N) is 3. The summed E-state index contributed by atoms with van der Waals surface area (Å²) in [5, 5.41) is 11.5. The number of amides is 1. The monoisotopic (exact) mass is 526 g/mol. The van der Waals surface area contributed by atoms with E-state index in [1.54, 1.807) is 6.20 Å². The number of pyridine rings is 1. The maximum absolute atomic E-state index is 13.5. The van der Waals surface area contributed by atoms with Gasteiger partial charge in [0.25, 0.3) is 0 Å². The molecule has 0 radical (unpaired) electrons. The molecule has 192 valence electrons. The fraction of sp³-hybridized carbons (Fsp3) is 0.214. The molecule has 1 aliphatic rings. The van der Waals surface area contributed by atoms with Crippen LogP contribution in [-0.2, 0) is 24.1 Å². The van der Waals surface area contributed by atoms with Gasteiger partial charge >= 0.3 is 0 Å². The van der Waals surface area contributed by atoms with Crippen LogP contribution in [0.25, 0.3) is 22.2 Å². The Morgan fingerprint density at radius 2 is 1.97 bits per heavy atom. The molecule has 5 aromatic rings. The Bertz CT molecular complexity index is 1630. The summed E-state index contributed by atoms with van der Waals surface area (Å²) in [7, 11) is 0. The number of carbonyl (C=O) groups is 1. The highest BCUT2D eigenvalue weighted by molar-refractivity contribution is 6.32. The van der Waals surface area contributed by atoms with Crippen molar-refractivity contribution < 1.29 is 4.79 Å². The lowest BCUT2D eigenvalue weighted by molar-refractivity contribution is -0.126. The van der Waals surface area contributed by atoms with Gasteiger partial charge in [0.15, 0.2) is 5.82 Å². The van der Waals surface area contributed by atoms with E-state index in [9.17, 15) is 4.79 Å². The zero-order valence-corrected chi connectivity index (χ0v) is 21.3. The molecule has 6 rings (SSSR count). The number of nitrogen functional groups attached to an aromatic ring is 2. The van der Waals surface area contributed by atoms with Crippen molar-refractivity contribution in [2.45, 2.75) is 31.7 Å². The first-order valence-electron chi connectivity index (χ1n) is 12.5. The van der Waals surface area contributed by atoms with E-state index in [2.05, 4.69) is 25.5 Å². The van der Waals surface area contributed by atoms with Gasteiger partial charge < -0.3 is 21.8 Å². The molecule has 1 amide bonds.